The van der Waals surface area contributed by atoms with Crippen LogP contribution in [0.3, 0.4) is 0 Å². The zero-order valence-electron chi connectivity index (χ0n) is 9.79. The summed E-state index contributed by atoms with van der Waals surface area (Å²) in [5.74, 6) is 0.490. The number of rotatable bonds is 5. The van der Waals surface area contributed by atoms with Gasteiger partial charge in [0.1, 0.15) is 0 Å². The molecule has 2 N–H and O–H groups in total. The van der Waals surface area contributed by atoms with Crippen molar-refractivity contribution in [3.8, 4) is 0 Å². The van der Waals surface area contributed by atoms with Crippen molar-refractivity contribution < 1.29 is 5.11 Å². The maximum Gasteiger partial charge on any atom is 0.0692 e. The second-order valence-electron chi connectivity index (χ2n) is 4.68. The molecule has 0 spiro atoms. The molecule has 4 heteroatoms. The van der Waals surface area contributed by atoms with E-state index in [1.807, 2.05) is 19.1 Å². The molecule has 1 aromatic rings. The van der Waals surface area contributed by atoms with E-state index >= 15 is 0 Å². The standard InChI is InChI=1S/C13H17Cl2NO/c1-8(16-7-12(17)9-5-6-9)10-3-2-4-11(14)13(10)15/h2-4,8-9,12,16-17H,5-7H2,1H3. The van der Waals surface area contributed by atoms with Crippen LogP contribution >= 0.6 is 23.2 Å². The summed E-state index contributed by atoms with van der Waals surface area (Å²) in [4.78, 5) is 0. The molecule has 1 aliphatic carbocycles. The van der Waals surface area contributed by atoms with Crippen LogP contribution in [0.15, 0.2) is 18.2 Å². The van der Waals surface area contributed by atoms with Crippen molar-refractivity contribution in [2.45, 2.75) is 31.9 Å². The van der Waals surface area contributed by atoms with Crippen molar-refractivity contribution in [2.24, 2.45) is 5.92 Å². The van der Waals surface area contributed by atoms with E-state index in [-0.39, 0.29) is 12.1 Å². The van der Waals surface area contributed by atoms with Gasteiger partial charge in [-0.2, -0.15) is 0 Å². The molecule has 2 nitrogen and oxygen atoms in total. The zero-order valence-corrected chi connectivity index (χ0v) is 11.3. The topological polar surface area (TPSA) is 32.3 Å². The third kappa shape index (κ3) is 3.35. The van der Waals surface area contributed by atoms with Crippen LogP contribution in [0.5, 0.6) is 0 Å². The first-order chi connectivity index (χ1) is 8.09. The molecule has 94 valence electrons. The van der Waals surface area contributed by atoms with E-state index in [1.54, 1.807) is 6.07 Å². The molecule has 0 aliphatic heterocycles. The predicted octanol–water partition coefficient (Wildman–Crippen LogP) is 3.41. The molecule has 1 fully saturated rings. The van der Waals surface area contributed by atoms with Gasteiger partial charge in [0, 0.05) is 12.6 Å². The highest BCUT2D eigenvalue weighted by atomic mass is 35.5. The van der Waals surface area contributed by atoms with E-state index < -0.39 is 0 Å². The second-order valence-corrected chi connectivity index (χ2v) is 5.46. The summed E-state index contributed by atoms with van der Waals surface area (Å²) < 4.78 is 0. The van der Waals surface area contributed by atoms with Crippen LogP contribution in [0.1, 0.15) is 31.4 Å². The highest BCUT2D eigenvalue weighted by molar-refractivity contribution is 6.42. The van der Waals surface area contributed by atoms with E-state index in [0.29, 0.717) is 22.5 Å². The average Bonchev–Trinajstić information content (AvgIpc) is 3.13. The Morgan fingerprint density at radius 2 is 2.12 bits per heavy atom. The Balaban J connectivity index is 1.94. The Morgan fingerprint density at radius 3 is 2.76 bits per heavy atom. The Hall–Kier alpha value is -0.280. The molecule has 0 bridgehead atoms. The minimum Gasteiger partial charge on any atom is -0.392 e. The SMILES string of the molecule is CC(NCC(O)C1CC1)c1cccc(Cl)c1Cl. The van der Waals surface area contributed by atoms with Gasteiger partial charge in [0.2, 0.25) is 0 Å². The summed E-state index contributed by atoms with van der Waals surface area (Å²) in [7, 11) is 0. The quantitative estimate of drug-likeness (QED) is 0.862. The van der Waals surface area contributed by atoms with Crippen molar-refractivity contribution in [1.82, 2.24) is 5.32 Å². The lowest BCUT2D eigenvalue weighted by molar-refractivity contribution is 0.145. The largest absolute Gasteiger partial charge is 0.392 e. The normalized spacial score (nSPS) is 19.1. The van der Waals surface area contributed by atoms with Crippen molar-refractivity contribution in [3.63, 3.8) is 0 Å². The van der Waals surface area contributed by atoms with Gasteiger partial charge < -0.3 is 10.4 Å². The Morgan fingerprint density at radius 1 is 1.41 bits per heavy atom. The first-order valence-corrected chi connectivity index (χ1v) is 6.70. The van der Waals surface area contributed by atoms with Gasteiger partial charge >= 0.3 is 0 Å². The van der Waals surface area contributed by atoms with Gasteiger partial charge in [0.15, 0.2) is 0 Å². The molecule has 1 saturated carbocycles. The number of nitrogens with one attached hydrogen (secondary N) is 1. The molecule has 0 saturated heterocycles. The lowest BCUT2D eigenvalue weighted by atomic mass is 10.1. The van der Waals surface area contributed by atoms with Crippen LogP contribution in [-0.4, -0.2) is 17.8 Å². The number of benzene rings is 1. The van der Waals surface area contributed by atoms with Gasteiger partial charge in [-0.1, -0.05) is 35.3 Å². The molecule has 1 aromatic carbocycles. The van der Waals surface area contributed by atoms with Crippen molar-refractivity contribution in [1.29, 1.82) is 0 Å². The minimum absolute atomic E-state index is 0.0922. The third-order valence-electron chi connectivity index (χ3n) is 3.25. The maximum absolute atomic E-state index is 9.79. The first kappa shape index (κ1) is 13.2. The summed E-state index contributed by atoms with van der Waals surface area (Å²) in [5, 5.41) is 14.2. The third-order valence-corrected chi connectivity index (χ3v) is 4.08. The van der Waals surface area contributed by atoms with E-state index in [1.165, 1.54) is 0 Å². The van der Waals surface area contributed by atoms with Crippen molar-refractivity contribution in [2.75, 3.05) is 6.54 Å². The van der Waals surface area contributed by atoms with Gasteiger partial charge in [-0.25, -0.2) is 0 Å². The van der Waals surface area contributed by atoms with Gasteiger partial charge in [0.25, 0.3) is 0 Å². The highest BCUT2D eigenvalue weighted by Crippen LogP contribution is 2.33. The van der Waals surface area contributed by atoms with Crippen molar-refractivity contribution >= 4 is 23.2 Å². The molecule has 2 atom stereocenters. The van der Waals surface area contributed by atoms with E-state index in [9.17, 15) is 5.11 Å². The highest BCUT2D eigenvalue weighted by Gasteiger charge is 2.29. The Bertz CT molecular complexity index is 393. The minimum atomic E-state index is -0.240. The molecule has 1 aliphatic rings. The predicted molar refractivity (Wildman–Crippen MR) is 71.6 cm³/mol. The number of aliphatic hydroxyl groups excluding tert-OH is 1. The van der Waals surface area contributed by atoms with Crippen LogP contribution in [0.2, 0.25) is 10.0 Å². The fraction of sp³-hybridized carbons (Fsp3) is 0.538. The lowest BCUT2D eigenvalue weighted by Gasteiger charge is -2.18. The monoisotopic (exact) mass is 273 g/mol. The average molecular weight is 274 g/mol. The van der Waals surface area contributed by atoms with Crippen LogP contribution < -0.4 is 5.32 Å². The van der Waals surface area contributed by atoms with Gasteiger partial charge in [0.05, 0.1) is 16.1 Å². The molecule has 0 heterocycles. The summed E-state index contributed by atoms with van der Waals surface area (Å²) >= 11 is 12.1. The first-order valence-electron chi connectivity index (χ1n) is 5.95. The molecule has 0 aromatic heterocycles. The fourth-order valence-corrected chi connectivity index (χ4v) is 2.38. The zero-order chi connectivity index (χ0) is 12.4. The number of hydrogen-bond acceptors (Lipinski definition) is 2. The van der Waals surface area contributed by atoms with Crippen LogP contribution in [-0.2, 0) is 0 Å². The molecule has 2 rings (SSSR count). The fourth-order valence-electron chi connectivity index (χ4n) is 1.91. The van der Waals surface area contributed by atoms with Crippen molar-refractivity contribution in [3.05, 3.63) is 33.8 Å². The van der Waals surface area contributed by atoms with Gasteiger partial charge in [-0.15, -0.1) is 0 Å². The lowest BCUT2D eigenvalue weighted by Crippen LogP contribution is -2.30. The van der Waals surface area contributed by atoms with E-state index in [4.69, 9.17) is 23.2 Å². The summed E-state index contributed by atoms with van der Waals surface area (Å²) in [5.41, 5.74) is 0.974. The smallest absolute Gasteiger partial charge is 0.0692 e. The van der Waals surface area contributed by atoms with Crippen LogP contribution in [0.25, 0.3) is 0 Å². The summed E-state index contributed by atoms with van der Waals surface area (Å²) in [6.45, 7) is 2.63. The number of halogens is 2. The molecular weight excluding hydrogens is 257 g/mol. The second kappa shape index (κ2) is 5.57. The molecule has 0 radical (unpaired) electrons. The van der Waals surface area contributed by atoms with E-state index in [0.717, 1.165) is 18.4 Å². The molecule has 0 amide bonds. The molecule has 2 unspecified atom stereocenters. The molecule has 17 heavy (non-hydrogen) atoms. The number of aliphatic hydroxyl groups is 1. The van der Waals surface area contributed by atoms with Gasteiger partial charge in [-0.05, 0) is 37.3 Å². The van der Waals surface area contributed by atoms with E-state index in [2.05, 4.69) is 5.32 Å². The van der Waals surface area contributed by atoms with Gasteiger partial charge in [-0.3, -0.25) is 0 Å². The molecular formula is C13H17Cl2NO. The Kier molecular flexibility index (Phi) is 4.31. The number of hydrogen-bond donors (Lipinski definition) is 2. The maximum atomic E-state index is 9.79. The summed E-state index contributed by atoms with van der Waals surface area (Å²) in [6, 6.07) is 5.71. The summed E-state index contributed by atoms with van der Waals surface area (Å²) in [6.07, 6.45) is 2.06. The Labute approximate surface area is 112 Å². The van der Waals surface area contributed by atoms with Crippen LogP contribution in [0.4, 0.5) is 0 Å². The van der Waals surface area contributed by atoms with Crippen LogP contribution in [0, 0.1) is 5.92 Å².